The molecule has 0 spiro atoms. The van der Waals surface area contributed by atoms with Gasteiger partial charge < -0.3 is 13.3 Å². The van der Waals surface area contributed by atoms with Crippen LogP contribution in [0, 0.1) is 35.0 Å². The summed E-state index contributed by atoms with van der Waals surface area (Å²) < 4.78 is 82.3. The number of halogens is 5. The molecule has 0 fully saturated rings. The minimum Gasteiger partial charge on any atom is -0.455 e. The summed E-state index contributed by atoms with van der Waals surface area (Å²) in [7, 11) is -4.33. The lowest BCUT2D eigenvalue weighted by atomic mass is 10.0. The van der Waals surface area contributed by atoms with E-state index in [0.717, 1.165) is 20.8 Å². The fraction of sp³-hybridized carbons (Fsp3) is 0.438. The maximum absolute atomic E-state index is 13.9. The Bertz CT molecular complexity index is 730. The fourth-order valence-electron chi connectivity index (χ4n) is 2.52. The lowest BCUT2D eigenvalue weighted by molar-refractivity contribution is -0.147. The standard InChI is InChI=1S/C16H17F5O6Si/c1-7(5-11-12(17)14(19)16(21)15(20)13(11)18)6-28(25-8(2)22,26-9(3)23)27-10(4)24/h7H,5-6H2,1-4H3. The number of rotatable bonds is 7. The summed E-state index contributed by atoms with van der Waals surface area (Å²) in [5.74, 6) is -14.4. The first kappa shape index (κ1) is 23.5. The van der Waals surface area contributed by atoms with E-state index < -0.39 is 79.7 Å². The summed E-state index contributed by atoms with van der Waals surface area (Å²) in [5.41, 5.74) is -1.10. The van der Waals surface area contributed by atoms with Gasteiger partial charge in [-0.1, -0.05) is 6.92 Å². The molecule has 156 valence electrons. The van der Waals surface area contributed by atoms with E-state index in [4.69, 9.17) is 13.3 Å². The third-order valence-corrected chi connectivity index (χ3v) is 6.34. The van der Waals surface area contributed by atoms with Crippen molar-refractivity contribution < 1.29 is 49.6 Å². The molecule has 0 aromatic heterocycles. The van der Waals surface area contributed by atoms with Crippen LogP contribution in [-0.4, -0.2) is 26.7 Å². The van der Waals surface area contributed by atoms with Crippen LogP contribution in [0.1, 0.15) is 33.3 Å². The Morgan fingerprint density at radius 1 is 0.750 bits per heavy atom. The van der Waals surface area contributed by atoms with Gasteiger partial charge in [0.2, 0.25) is 5.82 Å². The Kier molecular flexibility index (Phi) is 7.67. The predicted molar refractivity (Wildman–Crippen MR) is 85.0 cm³/mol. The Morgan fingerprint density at radius 2 is 1.07 bits per heavy atom. The predicted octanol–water partition coefficient (Wildman–Crippen LogP) is 3.19. The average molecular weight is 428 g/mol. The SMILES string of the molecule is CC(=O)O[Si](CC(C)Cc1c(F)c(F)c(F)c(F)c1F)(OC(C)=O)OC(C)=O. The number of hydrogen-bond acceptors (Lipinski definition) is 6. The van der Waals surface area contributed by atoms with E-state index in [-0.39, 0.29) is 0 Å². The molecule has 0 saturated heterocycles. The number of carbonyl (C=O) groups excluding carboxylic acids is 3. The molecule has 28 heavy (non-hydrogen) atoms. The first-order valence-corrected chi connectivity index (χ1v) is 9.81. The van der Waals surface area contributed by atoms with Crippen molar-refractivity contribution in [1.82, 2.24) is 0 Å². The van der Waals surface area contributed by atoms with E-state index in [1.165, 1.54) is 6.92 Å². The van der Waals surface area contributed by atoms with E-state index in [0.29, 0.717) is 0 Å². The van der Waals surface area contributed by atoms with Gasteiger partial charge in [-0.15, -0.1) is 0 Å². The van der Waals surface area contributed by atoms with Gasteiger partial charge in [0, 0.05) is 26.3 Å². The largest absolute Gasteiger partial charge is 0.705 e. The van der Waals surface area contributed by atoms with Crippen LogP contribution in [-0.2, 0) is 34.1 Å². The second-order valence-electron chi connectivity index (χ2n) is 6.03. The highest BCUT2D eigenvalue weighted by atomic mass is 28.4. The summed E-state index contributed by atoms with van der Waals surface area (Å²) in [5, 5.41) is 0. The third-order valence-electron chi connectivity index (χ3n) is 3.35. The molecule has 0 radical (unpaired) electrons. The molecular weight excluding hydrogens is 411 g/mol. The summed E-state index contributed by atoms with van der Waals surface area (Å²) >= 11 is 0. The van der Waals surface area contributed by atoms with Gasteiger partial charge in [-0.05, 0) is 12.3 Å². The summed E-state index contributed by atoms with van der Waals surface area (Å²) in [6, 6.07) is -0.495. The van der Waals surface area contributed by atoms with Crippen LogP contribution in [0.25, 0.3) is 0 Å². The molecule has 1 atom stereocenters. The van der Waals surface area contributed by atoms with E-state index in [1.54, 1.807) is 0 Å². The van der Waals surface area contributed by atoms with Gasteiger partial charge in [-0.3, -0.25) is 14.4 Å². The van der Waals surface area contributed by atoms with Gasteiger partial charge in [0.25, 0.3) is 17.9 Å². The summed E-state index contributed by atoms with van der Waals surface area (Å²) in [6.07, 6.45) is -0.704. The van der Waals surface area contributed by atoms with Crippen molar-refractivity contribution in [3.8, 4) is 0 Å². The molecular formula is C16H17F5O6Si. The van der Waals surface area contributed by atoms with Crippen molar-refractivity contribution in [3.05, 3.63) is 34.6 Å². The van der Waals surface area contributed by atoms with Crippen LogP contribution >= 0.6 is 0 Å². The maximum atomic E-state index is 13.9. The Labute approximate surface area is 157 Å². The van der Waals surface area contributed by atoms with Crippen molar-refractivity contribution in [2.45, 2.75) is 40.2 Å². The maximum Gasteiger partial charge on any atom is 0.705 e. The Balaban J connectivity index is 3.25. The molecule has 6 nitrogen and oxygen atoms in total. The number of hydrogen-bond donors (Lipinski definition) is 0. The second-order valence-corrected chi connectivity index (χ2v) is 8.41. The smallest absolute Gasteiger partial charge is 0.455 e. The molecule has 0 heterocycles. The van der Waals surface area contributed by atoms with E-state index >= 15 is 0 Å². The monoisotopic (exact) mass is 428 g/mol. The Hall–Kier alpha value is -2.50. The average Bonchev–Trinajstić information content (AvgIpc) is 2.52. The van der Waals surface area contributed by atoms with Gasteiger partial charge >= 0.3 is 8.80 Å². The topological polar surface area (TPSA) is 78.9 Å². The highest BCUT2D eigenvalue weighted by Gasteiger charge is 2.53. The molecule has 0 aliphatic rings. The van der Waals surface area contributed by atoms with Crippen LogP contribution in [0.2, 0.25) is 6.04 Å². The van der Waals surface area contributed by atoms with Crippen LogP contribution in [0.15, 0.2) is 0 Å². The van der Waals surface area contributed by atoms with Crippen LogP contribution < -0.4 is 0 Å². The molecule has 0 saturated carbocycles. The molecule has 0 aliphatic carbocycles. The van der Waals surface area contributed by atoms with Crippen molar-refractivity contribution in [2.75, 3.05) is 0 Å². The molecule has 1 rings (SSSR count). The van der Waals surface area contributed by atoms with Crippen molar-refractivity contribution in [2.24, 2.45) is 5.92 Å². The molecule has 0 N–H and O–H groups in total. The van der Waals surface area contributed by atoms with E-state index in [1.807, 2.05) is 0 Å². The molecule has 1 aromatic rings. The Morgan fingerprint density at radius 3 is 1.39 bits per heavy atom. The van der Waals surface area contributed by atoms with Crippen LogP contribution in [0.4, 0.5) is 22.0 Å². The summed E-state index contributed by atoms with van der Waals surface area (Å²) in [6.45, 7) is 4.15. The zero-order chi connectivity index (χ0) is 21.8. The highest BCUT2D eigenvalue weighted by molar-refractivity contribution is 6.65. The lowest BCUT2D eigenvalue weighted by Crippen LogP contribution is -2.50. The minimum atomic E-state index is -4.33. The first-order valence-electron chi connectivity index (χ1n) is 7.88. The van der Waals surface area contributed by atoms with Gasteiger partial charge in [-0.25, -0.2) is 22.0 Å². The van der Waals surface area contributed by atoms with Gasteiger partial charge in [0.15, 0.2) is 23.3 Å². The van der Waals surface area contributed by atoms with Crippen molar-refractivity contribution >= 4 is 26.7 Å². The third kappa shape index (κ3) is 5.75. The quantitative estimate of drug-likeness (QED) is 0.287. The highest BCUT2D eigenvalue weighted by Crippen LogP contribution is 2.29. The van der Waals surface area contributed by atoms with Gasteiger partial charge in [-0.2, -0.15) is 0 Å². The fourth-order valence-corrected chi connectivity index (χ4v) is 5.21. The number of carbonyl (C=O) groups is 3. The summed E-state index contributed by atoms with van der Waals surface area (Å²) in [4.78, 5) is 34.1. The minimum absolute atomic E-state index is 0.495. The van der Waals surface area contributed by atoms with Crippen LogP contribution in [0.3, 0.4) is 0 Å². The zero-order valence-corrected chi connectivity index (χ0v) is 16.3. The van der Waals surface area contributed by atoms with Crippen molar-refractivity contribution in [1.29, 1.82) is 0 Å². The van der Waals surface area contributed by atoms with E-state index in [2.05, 4.69) is 0 Å². The molecule has 0 aliphatic heterocycles. The lowest BCUT2D eigenvalue weighted by Gasteiger charge is -2.28. The van der Waals surface area contributed by atoms with Crippen LogP contribution in [0.5, 0.6) is 0 Å². The molecule has 1 aromatic carbocycles. The molecule has 1 unspecified atom stereocenters. The zero-order valence-electron chi connectivity index (χ0n) is 15.3. The second kappa shape index (κ2) is 9.13. The molecule has 12 heteroatoms. The van der Waals surface area contributed by atoms with Gasteiger partial charge in [0.05, 0.1) is 6.04 Å². The molecule has 0 bridgehead atoms. The van der Waals surface area contributed by atoms with Crippen molar-refractivity contribution in [3.63, 3.8) is 0 Å². The van der Waals surface area contributed by atoms with E-state index in [9.17, 15) is 36.3 Å². The normalized spacial score (nSPS) is 12.3. The number of benzene rings is 1. The molecule has 0 amide bonds. The first-order chi connectivity index (χ1) is 12.8. The van der Waals surface area contributed by atoms with Gasteiger partial charge in [0.1, 0.15) is 0 Å².